The molecule has 0 atom stereocenters. The van der Waals surface area contributed by atoms with Crippen LogP contribution in [0, 0.1) is 5.82 Å². The molecule has 0 fully saturated rings. The zero-order valence-corrected chi connectivity index (χ0v) is 15.8. The van der Waals surface area contributed by atoms with Crippen LogP contribution in [0.25, 0.3) is 11.2 Å². The number of halogens is 2. The minimum absolute atomic E-state index is 0.133. The van der Waals surface area contributed by atoms with Crippen molar-refractivity contribution in [2.75, 3.05) is 5.43 Å². The van der Waals surface area contributed by atoms with Crippen LogP contribution in [0.5, 0.6) is 0 Å². The highest BCUT2D eigenvalue weighted by Gasteiger charge is 2.18. The second-order valence-corrected chi connectivity index (χ2v) is 6.38. The molecule has 0 amide bonds. The number of hydrogen-bond acceptors (Lipinski definition) is 5. The zero-order valence-electron chi connectivity index (χ0n) is 15.0. The average molecular weight is 393 g/mol. The maximum Gasteiger partial charge on any atom is 0.332 e. The summed E-state index contributed by atoms with van der Waals surface area (Å²) in [5, 5.41) is 4.22. The van der Waals surface area contributed by atoms with E-state index >= 15 is 0 Å². The zero-order chi connectivity index (χ0) is 19.7. The monoisotopic (exact) mass is 392 g/mol. The molecule has 2 heterocycles. The highest BCUT2D eigenvalue weighted by atomic mass is 35.5. The number of imidazole rings is 1. The van der Waals surface area contributed by atoms with Crippen LogP contribution in [-0.2, 0) is 20.6 Å². The molecular weight excluding hydrogens is 375 g/mol. The van der Waals surface area contributed by atoms with Gasteiger partial charge in [-0.1, -0.05) is 24.6 Å². The average Bonchev–Trinajstić information content (AvgIpc) is 2.99. The number of benzene rings is 1. The Morgan fingerprint density at radius 3 is 2.70 bits per heavy atom. The molecule has 0 bridgehead atoms. The minimum atomic E-state index is -0.508. The van der Waals surface area contributed by atoms with Crippen LogP contribution in [0.1, 0.15) is 18.9 Å². The maximum absolute atomic E-state index is 13.8. The highest BCUT2D eigenvalue weighted by Crippen LogP contribution is 2.18. The summed E-state index contributed by atoms with van der Waals surface area (Å²) < 4.78 is 17.8. The van der Waals surface area contributed by atoms with E-state index in [0.29, 0.717) is 12.1 Å². The van der Waals surface area contributed by atoms with Crippen molar-refractivity contribution in [1.82, 2.24) is 18.7 Å². The van der Waals surface area contributed by atoms with Crippen LogP contribution in [-0.4, -0.2) is 24.9 Å². The SMILES string of the molecule is CCCn1c(N/N=C/c2c(F)cccc2Cl)nc2c1c(=O)n(C)c(=O)n2C. The maximum atomic E-state index is 13.8. The summed E-state index contributed by atoms with van der Waals surface area (Å²) in [4.78, 5) is 29.0. The van der Waals surface area contributed by atoms with E-state index in [1.807, 2.05) is 6.92 Å². The second-order valence-electron chi connectivity index (χ2n) is 5.97. The molecule has 142 valence electrons. The third-order valence-corrected chi connectivity index (χ3v) is 4.48. The summed E-state index contributed by atoms with van der Waals surface area (Å²) in [6.07, 6.45) is 1.97. The number of rotatable bonds is 5. The Morgan fingerprint density at radius 1 is 1.30 bits per heavy atom. The van der Waals surface area contributed by atoms with E-state index in [1.54, 1.807) is 17.7 Å². The molecule has 3 aromatic rings. The number of anilines is 1. The van der Waals surface area contributed by atoms with Gasteiger partial charge in [-0.25, -0.2) is 14.6 Å². The number of nitrogens with zero attached hydrogens (tertiary/aromatic N) is 5. The standard InChI is InChI=1S/C17H18ClFN6O2/c1-4-8-25-13-14(23(2)17(27)24(3)15(13)26)21-16(25)22-20-9-10-11(18)6-5-7-12(10)19/h5-7,9H,4,8H2,1-3H3,(H,21,22)/b20-9+. The van der Waals surface area contributed by atoms with Crippen LogP contribution in [0.3, 0.4) is 0 Å². The third-order valence-electron chi connectivity index (χ3n) is 4.15. The van der Waals surface area contributed by atoms with E-state index in [4.69, 9.17) is 11.6 Å². The minimum Gasteiger partial charge on any atom is -0.303 e. The fourth-order valence-corrected chi connectivity index (χ4v) is 2.97. The largest absolute Gasteiger partial charge is 0.332 e. The van der Waals surface area contributed by atoms with Crippen molar-refractivity contribution in [2.24, 2.45) is 19.2 Å². The first-order chi connectivity index (χ1) is 12.9. The number of aryl methyl sites for hydroxylation is 2. The van der Waals surface area contributed by atoms with Gasteiger partial charge in [-0.2, -0.15) is 10.1 Å². The van der Waals surface area contributed by atoms with E-state index < -0.39 is 17.1 Å². The van der Waals surface area contributed by atoms with Crippen molar-refractivity contribution >= 4 is 34.9 Å². The molecule has 1 N–H and O–H groups in total. The van der Waals surface area contributed by atoms with Crippen molar-refractivity contribution in [1.29, 1.82) is 0 Å². The van der Waals surface area contributed by atoms with Gasteiger partial charge in [-0.15, -0.1) is 0 Å². The van der Waals surface area contributed by atoms with Crippen LogP contribution in [0.2, 0.25) is 5.02 Å². The lowest BCUT2D eigenvalue weighted by molar-refractivity contribution is 0.626. The lowest BCUT2D eigenvalue weighted by Gasteiger charge is -2.07. The summed E-state index contributed by atoms with van der Waals surface area (Å²) in [5.74, 6) is -0.236. The summed E-state index contributed by atoms with van der Waals surface area (Å²) in [6.45, 7) is 2.44. The summed E-state index contributed by atoms with van der Waals surface area (Å²) >= 11 is 5.97. The predicted molar refractivity (Wildman–Crippen MR) is 103 cm³/mol. The van der Waals surface area contributed by atoms with Gasteiger partial charge in [-0.05, 0) is 18.6 Å². The van der Waals surface area contributed by atoms with Gasteiger partial charge in [0.2, 0.25) is 5.95 Å². The summed E-state index contributed by atoms with van der Waals surface area (Å²) in [7, 11) is 2.96. The van der Waals surface area contributed by atoms with Gasteiger partial charge in [0, 0.05) is 26.2 Å². The van der Waals surface area contributed by atoms with Crippen molar-refractivity contribution in [2.45, 2.75) is 19.9 Å². The molecule has 0 spiro atoms. The molecule has 0 saturated heterocycles. The van der Waals surface area contributed by atoms with Gasteiger partial charge in [0.25, 0.3) is 5.56 Å². The Kier molecular flexibility index (Phi) is 5.13. The van der Waals surface area contributed by atoms with E-state index in [0.717, 1.165) is 11.0 Å². The molecule has 2 aromatic heterocycles. The van der Waals surface area contributed by atoms with Gasteiger partial charge in [0.1, 0.15) is 5.82 Å². The first-order valence-corrected chi connectivity index (χ1v) is 8.64. The normalized spacial score (nSPS) is 11.6. The number of hydrogen-bond donors (Lipinski definition) is 1. The molecule has 8 nitrogen and oxygen atoms in total. The fraction of sp³-hybridized carbons (Fsp3) is 0.294. The molecular formula is C17H18ClFN6O2. The quantitative estimate of drug-likeness (QED) is 0.532. The van der Waals surface area contributed by atoms with Crippen LogP contribution >= 0.6 is 11.6 Å². The topological polar surface area (TPSA) is 86.2 Å². The van der Waals surface area contributed by atoms with Crippen molar-refractivity contribution in [3.05, 3.63) is 55.4 Å². The predicted octanol–water partition coefficient (Wildman–Crippen LogP) is 2.08. The highest BCUT2D eigenvalue weighted by molar-refractivity contribution is 6.33. The van der Waals surface area contributed by atoms with Gasteiger partial charge >= 0.3 is 5.69 Å². The Labute approximate surface area is 158 Å². The first-order valence-electron chi connectivity index (χ1n) is 8.26. The van der Waals surface area contributed by atoms with Crippen LogP contribution in [0.4, 0.5) is 10.3 Å². The summed E-state index contributed by atoms with van der Waals surface area (Å²) in [5.41, 5.74) is 2.48. The lowest BCUT2D eigenvalue weighted by atomic mass is 10.2. The number of fused-ring (bicyclic) bond motifs is 1. The van der Waals surface area contributed by atoms with Crippen LogP contribution in [0.15, 0.2) is 32.9 Å². The van der Waals surface area contributed by atoms with Gasteiger partial charge < -0.3 is 4.57 Å². The molecule has 0 aliphatic heterocycles. The Morgan fingerprint density at radius 2 is 2.04 bits per heavy atom. The van der Waals surface area contributed by atoms with Crippen LogP contribution < -0.4 is 16.7 Å². The van der Waals surface area contributed by atoms with Gasteiger partial charge in [0.15, 0.2) is 11.2 Å². The molecule has 27 heavy (non-hydrogen) atoms. The Bertz CT molecular complexity index is 1140. The molecule has 0 aliphatic carbocycles. The fourth-order valence-electron chi connectivity index (χ4n) is 2.76. The van der Waals surface area contributed by atoms with Crippen molar-refractivity contribution < 1.29 is 4.39 Å². The third kappa shape index (κ3) is 3.25. The van der Waals surface area contributed by atoms with Crippen molar-refractivity contribution in [3.63, 3.8) is 0 Å². The Balaban J connectivity index is 2.09. The number of aromatic nitrogens is 4. The Hall–Kier alpha value is -2.94. The van der Waals surface area contributed by atoms with E-state index in [1.165, 1.54) is 30.0 Å². The second kappa shape index (κ2) is 7.36. The number of hydrazone groups is 1. The number of nitrogens with one attached hydrogen (secondary N) is 1. The van der Waals surface area contributed by atoms with E-state index in [-0.39, 0.29) is 22.2 Å². The van der Waals surface area contributed by atoms with Crippen molar-refractivity contribution in [3.8, 4) is 0 Å². The van der Waals surface area contributed by atoms with Gasteiger partial charge in [-0.3, -0.25) is 13.9 Å². The smallest absolute Gasteiger partial charge is 0.303 e. The summed E-state index contributed by atoms with van der Waals surface area (Å²) in [6, 6.07) is 4.33. The molecule has 0 saturated carbocycles. The molecule has 1 aromatic carbocycles. The lowest BCUT2D eigenvalue weighted by Crippen LogP contribution is -2.37. The molecule has 3 rings (SSSR count). The molecule has 10 heteroatoms. The van der Waals surface area contributed by atoms with E-state index in [9.17, 15) is 14.0 Å². The van der Waals surface area contributed by atoms with E-state index in [2.05, 4.69) is 15.5 Å². The molecule has 0 aliphatic rings. The molecule has 0 radical (unpaired) electrons. The molecule has 0 unspecified atom stereocenters. The first kappa shape index (κ1) is 18.8. The van der Waals surface area contributed by atoms with Gasteiger partial charge in [0.05, 0.1) is 11.2 Å².